The molecule has 1 aliphatic rings. The molecule has 110 valence electrons. The molecule has 2 heterocycles. The zero-order chi connectivity index (χ0) is 14.7. The van der Waals surface area contributed by atoms with Gasteiger partial charge in [-0.25, -0.2) is 0 Å². The molecule has 1 amide bonds. The lowest BCUT2D eigenvalue weighted by atomic mass is 10.1. The molecule has 1 unspecified atom stereocenters. The molecule has 21 heavy (non-hydrogen) atoms. The van der Waals surface area contributed by atoms with E-state index in [0.29, 0.717) is 13.1 Å². The van der Waals surface area contributed by atoms with E-state index in [9.17, 15) is 9.90 Å². The molecule has 2 atom stereocenters. The first-order valence-corrected chi connectivity index (χ1v) is 7.92. The highest BCUT2D eigenvalue weighted by molar-refractivity contribution is 7.10. The van der Waals surface area contributed by atoms with E-state index in [-0.39, 0.29) is 11.9 Å². The summed E-state index contributed by atoms with van der Waals surface area (Å²) >= 11 is 1.58. The van der Waals surface area contributed by atoms with Crippen LogP contribution in [-0.2, 0) is 4.79 Å². The number of hydrogen-bond acceptors (Lipinski definition) is 4. The summed E-state index contributed by atoms with van der Waals surface area (Å²) < 4.78 is 0. The number of rotatable bonds is 4. The van der Waals surface area contributed by atoms with E-state index < -0.39 is 6.10 Å². The Morgan fingerprint density at radius 1 is 1.29 bits per heavy atom. The molecule has 0 spiro atoms. The van der Waals surface area contributed by atoms with Gasteiger partial charge in [0.25, 0.3) is 0 Å². The largest absolute Gasteiger partial charge is 0.387 e. The topological polar surface area (TPSA) is 52.6 Å². The Morgan fingerprint density at radius 2 is 2.10 bits per heavy atom. The van der Waals surface area contributed by atoms with Gasteiger partial charge in [-0.2, -0.15) is 0 Å². The van der Waals surface area contributed by atoms with Gasteiger partial charge in [0.1, 0.15) is 6.04 Å². The zero-order valence-electron chi connectivity index (χ0n) is 11.6. The van der Waals surface area contributed by atoms with Crippen molar-refractivity contribution in [1.82, 2.24) is 10.2 Å². The fourth-order valence-electron chi connectivity index (χ4n) is 2.67. The van der Waals surface area contributed by atoms with E-state index in [2.05, 4.69) is 10.2 Å². The molecule has 2 N–H and O–H groups in total. The number of hydrogen-bond donors (Lipinski definition) is 2. The first-order valence-electron chi connectivity index (χ1n) is 7.04. The molecule has 1 aliphatic heterocycles. The Labute approximate surface area is 128 Å². The number of carbonyl (C=O) groups excluding carboxylic acids is 1. The van der Waals surface area contributed by atoms with Crippen LogP contribution in [0.3, 0.4) is 0 Å². The molecule has 0 aliphatic carbocycles. The number of piperazine rings is 1. The van der Waals surface area contributed by atoms with E-state index in [1.54, 1.807) is 11.3 Å². The summed E-state index contributed by atoms with van der Waals surface area (Å²) in [6.07, 6.45) is -0.584. The summed E-state index contributed by atoms with van der Waals surface area (Å²) in [5.74, 6) is 0.0176. The van der Waals surface area contributed by atoms with E-state index in [1.165, 1.54) is 0 Å². The van der Waals surface area contributed by atoms with Crippen molar-refractivity contribution in [2.75, 3.05) is 19.6 Å². The first-order chi connectivity index (χ1) is 10.3. The van der Waals surface area contributed by atoms with Crippen LogP contribution in [0.25, 0.3) is 0 Å². The summed E-state index contributed by atoms with van der Waals surface area (Å²) in [4.78, 5) is 15.3. The molecule has 2 aromatic rings. The number of thiophene rings is 1. The van der Waals surface area contributed by atoms with Crippen molar-refractivity contribution in [3.05, 3.63) is 58.3 Å². The van der Waals surface area contributed by atoms with Gasteiger partial charge in [0.15, 0.2) is 0 Å². The smallest absolute Gasteiger partial charge is 0.242 e. The number of aliphatic hydroxyl groups excluding tert-OH is 1. The molecule has 4 nitrogen and oxygen atoms in total. The number of amides is 1. The maximum Gasteiger partial charge on any atom is 0.242 e. The van der Waals surface area contributed by atoms with Gasteiger partial charge in [0, 0.05) is 24.5 Å². The van der Waals surface area contributed by atoms with Gasteiger partial charge in [-0.15, -0.1) is 11.3 Å². The molecular weight excluding hydrogens is 284 g/mol. The molecule has 1 aromatic heterocycles. The minimum Gasteiger partial charge on any atom is -0.387 e. The second-order valence-corrected chi connectivity index (χ2v) is 6.11. The third-order valence-electron chi connectivity index (χ3n) is 3.72. The Bertz CT molecular complexity index is 586. The fourth-order valence-corrected chi connectivity index (χ4v) is 3.53. The van der Waals surface area contributed by atoms with E-state index >= 15 is 0 Å². The van der Waals surface area contributed by atoms with Crippen LogP contribution in [0.15, 0.2) is 47.8 Å². The standard InChI is InChI=1S/C16H18N2O2S/c19-13(12-5-2-1-3-6-12)11-18-9-8-17-16(20)15(18)14-7-4-10-21-14/h1-7,10,13,15,19H,8-9,11H2,(H,17,20)/t13-,15?/m1/s1. The van der Waals surface area contributed by atoms with Gasteiger partial charge in [0.05, 0.1) is 6.10 Å². The molecule has 0 saturated carbocycles. The van der Waals surface area contributed by atoms with Crippen LogP contribution in [0, 0.1) is 0 Å². The second kappa shape index (κ2) is 6.39. The Kier molecular flexibility index (Phi) is 4.34. The Morgan fingerprint density at radius 3 is 2.81 bits per heavy atom. The average Bonchev–Trinajstić information content (AvgIpc) is 3.02. The quantitative estimate of drug-likeness (QED) is 0.908. The highest BCUT2D eigenvalue weighted by Gasteiger charge is 2.32. The van der Waals surface area contributed by atoms with Crippen molar-refractivity contribution < 1.29 is 9.90 Å². The van der Waals surface area contributed by atoms with Crippen LogP contribution in [0.4, 0.5) is 0 Å². The van der Waals surface area contributed by atoms with Crippen LogP contribution < -0.4 is 5.32 Å². The molecule has 1 saturated heterocycles. The third kappa shape index (κ3) is 3.15. The lowest BCUT2D eigenvalue weighted by Gasteiger charge is -2.35. The lowest BCUT2D eigenvalue weighted by molar-refractivity contribution is -0.129. The van der Waals surface area contributed by atoms with E-state index in [4.69, 9.17) is 0 Å². The molecule has 1 fully saturated rings. The maximum atomic E-state index is 12.2. The van der Waals surface area contributed by atoms with E-state index in [1.807, 2.05) is 47.8 Å². The van der Waals surface area contributed by atoms with Crippen molar-refractivity contribution in [3.8, 4) is 0 Å². The van der Waals surface area contributed by atoms with E-state index in [0.717, 1.165) is 17.0 Å². The zero-order valence-corrected chi connectivity index (χ0v) is 12.4. The number of benzene rings is 1. The summed E-state index contributed by atoms with van der Waals surface area (Å²) in [7, 11) is 0. The molecule has 5 heteroatoms. The normalized spacial score (nSPS) is 21.0. The summed E-state index contributed by atoms with van der Waals surface area (Å²) in [5, 5.41) is 15.3. The van der Waals surface area contributed by atoms with Gasteiger partial charge < -0.3 is 10.4 Å². The highest BCUT2D eigenvalue weighted by atomic mass is 32.1. The Hall–Kier alpha value is -1.69. The lowest BCUT2D eigenvalue weighted by Crippen LogP contribution is -2.50. The first kappa shape index (κ1) is 14.3. The highest BCUT2D eigenvalue weighted by Crippen LogP contribution is 2.28. The van der Waals surface area contributed by atoms with Gasteiger partial charge in [-0.3, -0.25) is 9.69 Å². The summed E-state index contributed by atoms with van der Waals surface area (Å²) in [6, 6.07) is 13.2. The molecule has 0 bridgehead atoms. The number of aliphatic hydroxyl groups is 1. The van der Waals surface area contributed by atoms with Crippen LogP contribution in [-0.4, -0.2) is 35.5 Å². The third-order valence-corrected chi connectivity index (χ3v) is 4.64. The predicted octanol–water partition coefficient (Wildman–Crippen LogP) is 1.95. The van der Waals surface area contributed by atoms with Crippen LogP contribution >= 0.6 is 11.3 Å². The summed E-state index contributed by atoms with van der Waals surface area (Å²) in [6.45, 7) is 1.83. The van der Waals surface area contributed by atoms with Gasteiger partial charge >= 0.3 is 0 Å². The molecule has 3 rings (SSSR count). The number of nitrogens with zero attached hydrogens (tertiary/aromatic N) is 1. The van der Waals surface area contributed by atoms with Crippen LogP contribution in [0.2, 0.25) is 0 Å². The SMILES string of the molecule is O=C1NCCN(C[C@@H](O)c2ccccc2)C1c1cccs1. The van der Waals surface area contributed by atoms with Crippen LogP contribution in [0.5, 0.6) is 0 Å². The fraction of sp³-hybridized carbons (Fsp3) is 0.312. The summed E-state index contributed by atoms with van der Waals surface area (Å²) in [5.41, 5.74) is 0.883. The minimum absolute atomic E-state index is 0.0176. The van der Waals surface area contributed by atoms with Gasteiger partial charge in [-0.1, -0.05) is 36.4 Å². The second-order valence-electron chi connectivity index (χ2n) is 5.13. The van der Waals surface area contributed by atoms with Crippen molar-refractivity contribution in [2.45, 2.75) is 12.1 Å². The number of carbonyl (C=O) groups is 1. The average molecular weight is 302 g/mol. The molecule has 1 aromatic carbocycles. The van der Waals surface area contributed by atoms with Gasteiger partial charge in [0.2, 0.25) is 5.91 Å². The van der Waals surface area contributed by atoms with Crippen LogP contribution in [0.1, 0.15) is 22.6 Å². The Balaban J connectivity index is 1.77. The van der Waals surface area contributed by atoms with Crippen molar-refractivity contribution in [2.24, 2.45) is 0 Å². The van der Waals surface area contributed by atoms with Crippen molar-refractivity contribution in [3.63, 3.8) is 0 Å². The monoisotopic (exact) mass is 302 g/mol. The van der Waals surface area contributed by atoms with Crippen molar-refractivity contribution >= 4 is 17.2 Å². The van der Waals surface area contributed by atoms with Gasteiger partial charge in [-0.05, 0) is 17.0 Å². The molecular formula is C16H18N2O2S. The maximum absolute atomic E-state index is 12.2. The molecule has 0 radical (unpaired) electrons. The number of β-amino-alcohol motifs (C(OH)–C–C–N with tert-alkyl or cyclic N) is 1. The van der Waals surface area contributed by atoms with Crippen molar-refractivity contribution in [1.29, 1.82) is 0 Å². The minimum atomic E-state index is -0.584. The number of nitrogens with one attached hydrogen (secondary N) is 1. The predicted molar refractivity (Wildman–Crippen MR) is 83.0 cm³/mol.